The van der Waals surface area contributed by atoms with Crippen LogP contribution in [0.2, 0.25) is 0 Å². The van der Waals surface area contributed by atoms with Gasteiger partial charge in [-0.3, -0.25) is 0 Å². The molecule has 2 heterocycles. The Balaban J connectivity index is 2.00. The summed E-state index contributed by atoms with van der Waals surface area (Å²) in [7, 11) is 0. The Morgan fingerprint density at radius 1 is 1.37 bits per heavy atom. The molecule has 1 saturated heterocycles. The summed E-state index contributed by atoms with van der Waals surface area (Å²) in [5.41, 5.74) is -0.409. The van der Waals surface area contributed by atoms with E-state index in [0.29, 0.717) is 25.1 Å². The van der Waals surface area contributed by atoms with E-state index in [2.05, 4.69) is 10.1 Å². The van der Waals surface area contributed by atoms with E-state index in [0.717, 1.165) is 12.5 Å². The zero-order chi connectivity index (χ0) is 13.3. The monoisotopic (exact) mass is 265 g/mol. The molecule has 4 nitrogen and oxygen atoms in total. The van der Waals surface area contributed by atoms with E-state index in [1.165, 1.54) is 18.5 Å². The highest BCUT2D eigenvalue weighted by atomic mass is 19.1. The van der Waals surface area contributed by atoms with E-state index in [-0.39, 0.29) is 0 Å². The fourth-order valence-electron chi connectivity index (χ4n) is 2.55. The molecule has 3 rings (SSSR count). The second-order valence-corrected chi connectivity index (χ2v) is 4.66. The van der Waals surface area contributed by atoms with Crippen LogP contribution in [-0.2, 0) is 16.9 Å². The van der Waals surface area contributed by atoms with E-state index in [1.807, 2.05) is 0 Å². The van der Waals surface area contributed by atoms with Gasteiger partial charge in [-0.05, 0) is 18.9 Å². The van der Waals surface area contributed by atoms with Gasteiger partial charge in [-0.2, -0.15) is 5.10 Å². The molecular formula is C13H13F2N3O. The third kappa shape index (κ3) is 2.23. The Labute approximate surface area is 109 Å². The summed E-state index contributed by atoms with van der Waals surface area (Å²) in [4.78, 5) is 3.87. The van der Waals surface area contributed by atoms with Gasteiger partial charge < -0.3 is 4.74 Å². The van der Waals surface area contributed by atoms with Crippen molar-refractivity contribution in [2.75, 3.05) is 6.61 Å². The molecule has 0 radical (unpaired) electrons. The van der Waals surface area contributed by atoms with Crippen molar-refractivity contribution in [3.8, 4) is 0 Å². The second-order valence-electron chi connectivity index (χ2n) is 4.66. The Bertz CT molecular complexity index is 565. The molecule has 0 bridgehead atoms. The SMILES string of the molecule is Fc1ccc([C@]2(Cn3cncn3)CCCO2)c(F)c1. The van der Waals surface area contributed by atoms with Crippen LogP contribution in [0.1, 0.15) is 18.4 Å². The van der Waals surface area contributed by atoms with Gasteiger partial charge in [-0.1, -0.05) is 6.07 Å². The lowest BCUT2D eigenvalue weighted by Crippen LogP contribution is -2.32. The maximum Gasteiger partial charge on any atom is 0.137 e. The molecule has 0 amide bonds. The predicted octanol–water partition coefficient (Wildman–Crippen LogP) is 2.26. The molecule has 6 heteroatoms. The summed E-state index contributed by atoms with van der Waals surface area (Å²) in [6, 6.07) is 3.59. The second kappa shape index (κ2) is 4.70. The number of benzene rings is 1. The van der Waals surface area contributed by atoms with Crippen molar-refractivity contribution in [1.29, 1.82) is 0 Å². The summed E-state index contributed by atoms with van der Waals surface area (Å²) in [6.07, 6.45) is 4.50. The van der Waals surface area contributed by atoms with Crippen LogP contribution in [0.5, 0.6) is 0 Å². The Kier molecular flexibility index (Phi) is 3.02. The van der Waals surface area contributed by atoms with Gasteiger partial charge in [0.1, 0.15) is 29.9 Å². The van der Waals surface area contributed by atoms with Crippen molar-refractivity contribution < 1.29 is 13.5 Å². The van der Waals surface area contributed by atoms with Gasteiger partial charge in [-0.15, -0.1) is 0 Å². The highest BCUT2D eigenvalue weighted by Crippen LogP contribution is 2.38. The van der Waals surface area contributed by atoms with E-state index < -0.39 is 17.2 Å². The molecule has 0 saturated carbocycles. The molecule has 1 fully saturated rings. The summed E-state index contributed by atoms with van der Waals surface area (Å²) in [5, 5.41) is 4.03. The largest absolute Gasteiger partial charge is 0.368 e. The summed E-state index contributed by atoms with van der Waals surface area (Å²) in [6.45, 7) is 0.932. The first-order valence-corrected chi connectivity index (χ1v) is 6.11. The van der Waals surface area contributed by atoms with Crippen molar-refractivity contribution in [2.45, 2.75) is 25.0 Å². The summed E-state index contributed by atoms with van der Waals surface area (Å²) < 4.78 is 34.4. The molecule has 1 atom stereocenters. The van der Waals surface area contributed by atoms with E-state index >= 15 is 0 Å². The third-order valence-electron chi connectivity index (χ3n) is 3.41. The molecule has 0 unspecified atom stereocenters. The normalized spacial score (nSPS) is 22.8. The van der Waals surface area contributed by atoms with Crippen molar-refractivity contribution in [2.24, 2.45) is 0 Å². The highest BCUT2D eigenvalue weighted by molar-refractivity contribution is 5.26. The summed E-state index contributed by atoms with van der Waals surface area (Å²) >= 11 is 0. The van der Waals surface area contributed by atoms with Gasteiger partial charge >= 0.3 is 0 Å². The first kappa shape index (κ1) is 12.2. The zero-order valence-electron chi connectivity index (χ0n) is 10.2. The predicted molar refractivity (Wildman–Crippen MR) is 63.2 cm³/mol. The number of nitrogens with zero attached hydrogens (tertiary/aromatic N) is 3. The first-order chi connectivity index (χ1) is 9.20. The molecule has 1 aromatic heterocycles. The van der Waals surface area contributed by atoms with Crippen LogP contribution in [-0.4, -0.2) is 21.4 Å². The quantitative estimate of drug-likeness (QED) is 0.854. The van der Waals surface area contributed by atoms with Crippen LogP contribution in [0.3, 0.4) is 0 Å². The van der Waals surface area contributed by atoms with Crippen LogP contribution in [0.15, 0.2) is 30.9 Å². The van der Waals surface area contributed by atoms with Gasteiger partial charge in [-0.25, -0.2) is 18.4 Å². The summed E-state index contributed by atoms with van der Waals surface area (Å²) in [5.74, 6) is -1.17. The van der Waals surface area contributed by atoms with Gasteiger partial charge in [0.2, 0.25) is 0 Å². The molecular weight excluding hydrogens is 252 g/mol. The number of halogens is 2. The molecule has 1 aromatic carbocycles. The maximum atomic E-state index is 14.0. The molecule has 1 aliphatic heterocycles. The lowest BCUT2D eigenvalue weighted by molar-refractivity contribution is -0.0197. The van der Waals surface area contributed by atoms with Crippen molar-refractivity contribution >= 4 is 0 Å². The zero-order valence-corrected chi connectivity index (χ0v) is 10.2. The van der Waals surface area contributed by atoms with Gasteiger partial charge in [0.25, 0.3) is 0 Å². The number of rotatable bonds is 3. The van der Waals surface area contributed by atoms with Crippen LogP contribution in [0, 0.1) is 11.6 Å². The third-order valence-corrected chi connectivity index (χ3v) is 3.41. The smallest absolute Gasteiger partial charge is 0.137 e. The number of hydrogen-bond donors (Lipinski definition) is 0. The minimum absolute atomic E-state index is 0.371. The van der Waals surface area contributed by atoms with E-state index in [4.69, 9.17) is 4.74 Å². The van der Waals surface area contributed by atoms with Crippen molar-refractivity contribution in [3.63, 3.8) is 0 Å². The lowest BCUT2D eigenvalue weighted by Gasteiger charge is -2.29. The molecule has 0 N–H and O–H groups in total. The van der Waals surface area contributed by atoms with E-state index in [1.54, 1.807) is 11.0 Å². The Morgan fingerprint density at radius 3 is 2.89 bits per heavy atom. The minimum atomic E-state index is -0.786. The minimum Gasteiger partial charge on any atom is -0.368 e. The van der Waals surface area contributed by atoms with E-state index in [9.17, 15) is 8.78 Å². The first-order valence-electron chi connectivity index (χ1n) is 6.11. The van der Waals surface area contributed by atoms with Crippen LogP contribution >= 0.6 is 0 Å². The fourth-order valence-corrected chi connectivity index (χ4v) is 2.55. The van der Waals surface area contributed by atoms with Crippen LogP contribution < -0.4 is 0 Å². The Hall–Kier alpha value is -1.82. The number of hydrogen-bond acceptors (Lipinski definition) is 3. The lowest BCUT2D eigenvalue weighted by atomic mass is 9.90. The van der Waals surface area contributed by atoms with Gasteiger partial charge in [0.05, 0.1) is 6.54 Å². The Morgan fingerprint density at radius 2 is 2.26 bits per heavy atom. The molecule has 0 spiro atoms. The number of ether oxygens (including phenoxy) is 1. The average molecular weight is 265 g/mol. The molecule has 2 aromatic rings. The van der Waals surface area contributed by atoms with Crippen LogP contribution in [0.4, 0.5) is 8.78 Å². The fraction of sp³-hybridized carbons (Fsp3) is 0.385. The molecule has 19 heavy (non-hydrogen) atoms. The average Bonchev–Trinajstić information content (AvgIpc) is 3.02. The van der Waals surface area contributed by atoms with Gasteiger partial charge in [0.15, 0.2) is 0 Å². The van der Waals surface area contributed by atoms with Gasteiger partial charge in [0, 0.05) is 18.2 Å². The highest BCUT2D eigenvalue weighted by Gasteiger charge is 2.40. The van der Waals surface area contributed by atoms with Crippen molar-refractivity contribution in [1.82, 2.24) is 14.8 Å². The maximum absolute atomic E-state index is 14.0. The molecule has 100 valence electrons. The van der Waals surface area contributed by atoms with Crippen LogP contribution in [0.25, 0.3) is 0 Å². The standard InChI is InChI=1S/C13H13F2N3O/c14-10-2-3-11(12(15)6-10)13(4-1-5-19-13)7-18-9-16-8-17-18/h2-3,6,8-9H,1,4-5,7H2/t13-/m1/s1. The number of aromatic nitrogens is 3. The van der Waals surface area contributed by atoms with Crippen molar-refractivity contribution in [3.05, 3.63) is 48.1 Å². The topological polar surface area (TPSA) is 39.9 Å². The molecule has 1 aliphatic rings. The molecule has 0 aliphatic carbocycles.